The highest BCUT2D eigenvalue weighted by molar-refractivity contribution is 6.30. The first kappa shape index (κ1) is 18.0. The van der Waals surface area contributed by atoms with Gasteiger partial charge in [-0.2, -0.15) is 0 Å². The Morgan fingerprint density at radius 2 is 2.00 bits per heavy atom. The summed E-state index contributed by atoms with van der Waals surface area (Å²) in [5, 5.41) is 5.95. The lowest BCUT2D eigenvalue weighted by atomic mass is 10.2. The van der Waals surface area contributed by atoms with Gasteiger partial charge in [-0.15, -0.1) is 0 Å². The lowest BCUT2D eigenvalue weighted by molar-refractivity contribution is -0.128. The van der Waals surface area contributed by atoms with E-state index in [1.807, 2.05) is 19.1 Å². The van der Waals surface area contributed by atoms with Crippen LogP contribution in [0.15, 0.2) is 34.9 Å². The van der Waals surface area contributed by atoms with Gasteiger partial charge in [-0.05, 0) is 38.1 Å². The minimum absolute atomic E-state index is 0.199. The van der Waals surface area contributed by atoms with Gasteiger partial charge in [0, 0.05) is 30.0 Å². The molecule has 2 aromatic rings. The molecule has 2 N–H and O–H groups in total. The fourth-order valence-electron chi connectivity index (χ4n) is 2.10. The number of halogens is 1. The van der Waals surface area contributed by atoms with E-state index in [9.17, 15) is 9.59 Å². The number of aromatic nitrogens is 1. The average Bonchev–Trinajstić information content (AvgIpc) is 3.03. The Labute approximate surface area is 145 Å². The number of benzene rings is 1. The largest absolute Gasteiger partial charge is 0.441 e. The molecule has 1 aromatic heterocycles. The van der Waals surface area contributed by atoms with Crippen LogP contribution in [-0.4, -0.2) is 29.4 Å². The zero-order valence-corrected chi connectivity index (χ0v) is 14.4. The third-order valence-corrected chi connectivity index (χ3v) is 3.62. The first-order chi connectivity index (χ1) is 11.5. The lowest BCUT2D eigenvalue weighted by Gasteiger charge is -2.12. The summed E-state index contributed by atoms with van der Waals surface area (Å²) in [7, 11) is 0. The van der Waals surface area contributed by atoms with E-state index in [0.717, 1.165) is 5.56 Å². The quantitative estimate of drug-likeness (QED) is 0.804. The van der Waals surface area contributed by atoms with Crippen molar-refractivity contribution in [1.29, 1.82) is 0 Å². The molecule has 0 aliphatic rings. The predicted molar refractivity (Wildman–Crippen MR) is 91.6 cm³/mol. The molecule has 0 saturated carbocycles. The maximum atomic E-state index is 11.9. The van der Waals surface area contributed by atoms with Gasteiger partial charge in [-0.3, -0.25) is 9.59 Å². The van der Waals surface area contributed by atoms with Crippen LogP contribution < -0.4 is 10.6 Å². The SMILES string of the molecule is CCNC(=O)[C@H](C)NC(=O)CCc1ncc(-c2ccc(Cl)cc2)o1. The Morgan fingerprint density at radius 3 is 2.67 bits per heavy atom. The minimum atomic E-state index is -0.563. The Morgan fingerprint density at radius 1 is 1.29 bits per heavy atom. The minimum Gasteiger partial charge on any atom is -0.441 e. The number of rotatable bonds is 7. The van der Waals surface area contributed by atoms with E-state index < -0.39 is 6.04 Å². The second-order valence-electron chi connectivity index (χ2n) is 5.31. The van der Waals surface area contributed by atoms with Crippen molar-refractivity contribution in [3.8, 4) is 11.3 Å². The van der Waals surface area contributed by atoms with E-state index in [1.165, 1.54) is 0 Å². The second kappa shape index (κ2) is 8.49. The van der Waals surface area contributed by atoms with Gasteiger partial charge in [0.15, 0.2) is 11.7 Å². The predicted octanol–water partition coefficient (Wildman–Crippen LogP) is 2.57. The molecule has 0 saturated heterocycles. The fraction of sp³-hybridized carbons (Fsp3) is 0.353. The topological polar surface area (TPSA) is 84.2 Å². The monoisotopic (exact) mass is 349 g/mol. The molecule has 1 heterocycles. The summed E-state index contributed by atoms with van der Waals surface area (Å²) in [5.74, 6) is 0.672. The van der Waals surface area contributed by atoms with Crippen molar-refractivity contribution in [3.63, 3.8) is 0 Å². The summed E-state index contributed by atoms with van der Waals surface area (Å²) in [5.41, 5.74) is 0.868. The van der Waals surface area contributed by atoms with Crippen LogP contribution in [0.25, 0.3) is 11.3 Å². The molecule has 6 nitrogen and oxygen atoms in total. The molecule has 24 heavy (non-hydrogen) atoms. The summed E-state index contributed by atoms with van der Waals surface area (Å²) < 4.78 is 5.64. The Balaban J connectivity index is 1.85. The number of carbonyl (C=O) groups is 2. The number of likely N-dealkylation sites (N-methyl/N-ethyl adjacent to an activating group) is 1. The molecule has 0 radical (unpaired) electrons. The van der Waals surface area contributed by atoms with Gasteiger partial charge in [0.05, 0.1) is 6.20 Å². The van der Waals surface area contributed by atoms with Crippen molar-refractivity contribution in [2.75, 3.05) is 6.54 Å². The van der Waals surface area contributed by atoms with Crippen molar-refractivity contribution in [2.24, 2.45) is 0 Å². The van der Waals surface area contributed by atoms with Crippen LogP contribution >= 0.6 is 11.6 Å². The summed E-state index contributed by atoms with van der Waals surface area (Å²) in [4.78, 5) is 27.6. The summed E-state index contributed by atoms with van der Waals surface area (Å²) in [6, 6.07) is 6.66. The number of nitrogens with one attached hydrogen (secondary N) is 2. The summed E-state index contributed by atoms with van der Waals surface area (Å²) in [6.45, 7) is 4.00. The lowest BCUT2D eigenvalue weighted by Crippen LogP contribution is -2.44. The van der Waals surface area contributed by atoms with E-state index in [-0.39, 0.29) is 18.2 Å². The van der Waals surface area contributed by atoms with Crippen LogP contribution in [0.5, 0.6) is 0 Å². The normalized spacial score (nSPS) is 11.8. The van der Waals surface area contributed by atoms with Crippen molar-refractivity contribution < 1.29 is 14.0 Å². The van der Waals surface area contributed by atoms with Gasteiger partial charge in [-0.1, -0.05) is 11.6 Å². The molecule has 0 fully saturated rings. The van der Waals surface area contributed by atoms with Crippen molar-refractivity contribution in [3.05, 3.63) is 41.4 Å². The molecule has 0 unspecified atom stereocenters. The first-order valence-electron chi connectivity index (χ1n) is 7.77. The van der Waals surface area contributed by atoms with Crippen molar-refractivity contribution in [1.82, 2.24) is 15.6 Å². The number of hydrogen-bond donors (Lipinski definition) is 2. The highest BCUT2D eigenvalue weighted by Crippen LogP contribution is 2.22. The summed E-state index contributed by atoms with van der Waals surface area (Å²) >= 11 is 5.85. The molecular weight excluding hydrogens is 330 g/mol. The Hall–Kier alpha value is -2.34. The average molecular weight is 350 g/mol. The highest BCUT2D eigenvalue weighted by atomic mass is 35.5. The van der Waals surface area contributed by atoms with E-state index in [1.54, 1.807) is 25.3 Å². The van der Waals surface area contributed by atoms with Crippen molar-refractivity contribution in [2.45, 2.75) is 32.7 Å². The van der Waals surface area contributed by atoms with Gasteiger partial charge in [-0.25, -0.2) is 4.98 Å². The first-order valence-corrected chi connectivity index (χ1v) is 8.15. The molecule has 1 atom stereocenters. The molecule has 128 valence electrons. The molecule has 0 aliphatic carbocycles. The van der Waals surface area contributed by atoms with Crippen LogP contribution in [-0.2, 0) is 16.0 Å². The molecule has 1 aromatic carbocycles. The number of aryl methyl sites for hydroxylation is 1. The van der Waals surface area contributed by atoms with E-state index in [2.05, 4.69) is 15.6 Å². The van der Waals surface area contributed by atoms with Crippen LogP contribution in [0, 0.1) is 0 Å². The van der Waals surface area contributed by atoms with Crippen LogP contribution in [0.1, 0.15) is 26.2 Å². The smallest absolute Gasteiger partial charge is 0.242 e. The number of oxazole rings is 1. The van der Waals surface area contributed by atoms with Crippen LogP contribution in [0.3, 0.4) is 0 Å². The Kier molecular flexibility index (Phi) is 6.37. The van der Waals surface area contributed by atoms with Crippen LogP contribution in [0.4, 0.5) is 0 Å². The number of nitrogens with zero attached hydrogens (tertiary/aromatic N) is 1. The van der Waals surface area contributed by atoms with Gasteiger partial charge >= 0.3 is 0 Å². The van der Waals surface area contributed by atoms with E-state index in [0.29, 0.717) is 29.6 Å². The standard InChI is InChI=1S/C17H20ClN3O3/c1-3-19-17(23)11(2)21-15(22)8-9-16-20-10-14(24-16)12-4-6-13(18)7-5-12/h4-7,10-11H,3,8-9H2,1-2H3,(H,19,23)(H,21,22)/t11-/m0/s1. The summed E-state index contributed by atoms with van der Waals surface area (Å²) in [6.07, 6.45) is 2.18. The maximum absolute atomic E-state index is 11.9. The molecule has 7 heteroatoms. The Bertz CT molecular complexity index is 697. The molecule has 0 bridgehead atoms. The third-order valence-electron chi connectivity index (χ3n) is 3.37. The van der Waals surface area contributed by atoms with E-state index in [4.69, 9.17) is 16.0 Å². The second-order valence-corrected chi connectivity index (χ2v) is 5.75. The molecule has 0 aliphatic heterocycles. The van der Waals surface area contributed by atoms with Gasteiger partial charge in [0.1, 0.15) is 6.04 Å². The van der Waals surface area contributed by atoms with Gasteiger partial charge in [0.25, 0.3) is 0 Å². The van der Waals surface area contributed by atoms with Gasteiger partial charge in [0.2, 0.25) is 11.8 Å². The van der Waals surface area contributed by atoms with E-state index >= 15 is 0 Å². The zero-order chi connectivity index (χ0) is 17.5. The molecule has 2 rings (SSSR count). The zero-order valence-electron chi connectivity index (χ0n) is 13.6. The molecule has 0 spiro atoms. The van der Waals surface area contributed by atoms with Gasteiger partial charge < -0.3 is 15.1 Å². The third kappa shape index (κ3) is 5.09. The fourth-order valence-corrected chi connectivity index (χ4v) is 2.23. The van der Waals surface area contributed by atoms with Crippen LogP contribution in [0.2, 0.25) is 5.02 Å². The number of carbonyl (C=O) groups excluding carboxylic acids is 2. The highest BCUT2D eigenvalue weighted by Gasteiger charge is 2.15. The van der Waals surface area contributed by atoms with Crippen molar-refractivity contribution >= 4 is 23.4 Å². The molecule has 2 amide bonds. The molecular formula is C17H20ClN3O3. The number of hydrogen-bond acceptors (Lipinski definition) is 4. The maximum Gasteiger partial charge on any atom is 0.242 e. The number of amides is 2.